The maximum absolute atomic E-state index is 14.2. The predicted molar refractivity (Wildman–Crippen MR) is 161 cm³/mol. The van der Waals surface area contributed by atoms with Crippen LogP contribution in [0.5, 0.6) is 17.2 Å². The van der Waals surface area contributed by atoms with Crippen molar-refractivity contribution in [2.24, 2.45) is 0 Å². The fourth-order valence-electron chi connectivity index (χ4n) is 4.94. The van der Waals surface area contributed by atoms with Crippen LogP contribution < -0.4 is 14.9 Å². The van der Waals surface area contributed by atoms with Gasteiger partial charge in [-0.15, -0.1) is 0 Å². The molecule has 3 aromatic carbocycles. The number of halogens is 3. The van der Waals surface area contributed by atoms with Crippen LogP contribution in [0.2, 0.25) is 0 Å². The van der Waals surface area contributed by atoms with E-state index < -0.39 is 29.1 Å². The average Bonchev–Trinajstić information content (AvgIpc) is 2.91. The largest absolute Gasteiger partial charge is 0.453 e. The van der Waals surface area contributed by atoms with Crippen molar-refractivity contribution in [2.75, 3.05) is 0 Å². The first-order chi connectivity index (χ1) is 20.2. The van der Waals surface area contributed by atoms with Gasteiger partial charge in [0.1, 0.15) is 17.1 Å². The number of benzene rings is 3. The number of rotatable bonds is 9. The summed E-state index contributed by atoms with van der Waals surface area (Å²) in [5, 5.41) is -0.0906. The smallest absolute Gasteiger partial charge is 0.449 e. The number of hydrogen-bond acceptors (Lipinski definition) is 5. The van der Waals surface area contributed by atoms with Crippen LogP contribution >= 0.6 is 0 Å². The normalized spacial score (nSPS) is 12.0. The van der Waals surface area contributed by atoms with E-state index in [4.69, 9.17) is 13.9 Å². The minimum absolute atomic E-state index is 0.0492. The number of esters is 1. The summed E-state index contributed by atoms with van der Waals surface area (Å²) in [6, 6.07) is 14.6. The molecule has 0 atom stereocenters. The minimum Gasteiger partial charge on any atom is -0.449 e. The number of unbranched alkanes of at least 4 members (excludes halogenated alkanes) is 3. The molecule has 0 fully saturated rings. The Morgan fingerprint density at radius 1 is 0.884 bits per heavy atom. The summed E-state index contributed by atoms with van der Waals surface area (Å²) in [5.74, 6) is -3.02. The lowest BCUT2D eigenvalue weighted by atomic mass is 9.87. The first-order valence-corrected chi connectivity index (χ1v) is 14.5. The molecule has 0 bridgehead atoms. The van der Waals surface area contributed by atoms with Crippen molar-refractivity contribution < 1.29 is 31.9 Å². The van der Waals surface area contributed by atoms with E-state index in [0.717, 1.165) is 42.4 Å². The molecule has 0 N–H and O–H groups in total. The van der Waals surface area contributed by atoms with Gasteiger partial charge in [0.15, 0.2) is 0 Å². The minimum atomic E-state index is -5.02. The number of carbonyl (C=O) groups excluding carboxylic acids is 1. The third-order valence-corrected chi connectivity index (χ3v) is 7.19. The van der Waals surface area contributed by atoms with Gasteiger partial charge in [0.2, 0.25) is 11.2 Å². The standard InChI is InChI=1S/C35H37F3O5/c1-7-8-9-10-11-24-19-27-29(20-28(24)43-33(40)23-12-14-25(15-13-23)34(4,5)6)42-32(35(36,37)38)31(30(27)39)41-26-17-21(2)16-22(3)18-26/h12-20H,7-11H2,1-6H3. The molecule has 0 saturated heterocycles. The Morgan fingerprint density at radius 3 is 2.12 bits per heavy atom. The molecule has 5 nitrogen and oxygen atoms in total. The van der Waals surface area contributed by atoms with E-state index in [1.165, 1.54) is 12.1 Å². The third kappa shape index (κ3) is 7.66. The summed E-state index contributed by atoms with van der Waals surface area (Å²) in [5.41, 5.74) is 1.96. The molecule has 1 heterocycles. The van der Waals surface area contributed by atoms with E-state index >= 15 is 0 Å². The van der Waals surface area contributed by atoms with Gasteiger partial charge in [0.25, 0.3) is 5.76 Å². The molecule has 0 aliphatic heterocycles. The van der Waals surface area contributed by atoms with Gasteiger partial charge < -0.3 is 13.9 Å². The van der Waals surface area contributed by atoms with Crippen molar-refractivity contribution in [1.82, 2.24) is 0 Å². The van der Waals surface area contributed by atoms with E-state index in [1.54, 1.807) is 38.1 Å². The van der Waals surface area contributed by atoms with Crippen molar-refractivity contribution in [3.63, 3.8) is 0 Å². The van der Waals surface area contributed by atoms with E-state index in [0.29, 0.717) is 17.5 Å². The van der Waals surface area contributed by atoms with E-state index in [1.807, 2.05) is 18.2 Å². The van der Waals surface area contributed by atoms with Crippen molar-refractivity contribution >= 4 is 16.9 Å². The number of hydrogen-bond donors (Lipinski definition) is 0. The topological polar surface area (TPSA) is 65.7 Å². The van der Waals surface area contributed by atoms with Gasteiger partial charge in [-0.2, -0.15) is 13.2 Å². The number of aryl methyl sites for hydroxylation is 3. The highest BCUT2D eigenvalue weighted by molar-refractivity contribution is 5.92. The Bertz CT molecular complexity index is 1660. The predicted octanol–water partition coefficient (Wildman–Crippen LogP) is 9.86. The quantitative estimate of drug-likeness (QED) is 0.110. The lowest BCUT2D eigenvalue weighted by molar-refractivity contribution is -0.154. The van der Waals surface area contributed by atoms with Crippen LogP contribution in [-0.2, 0) is 18.0 Å². The second kappa shape index (κ2) is 12.7. The van der Waals surface area contributed by atoms with Crippen LogP contribution in [0.25, 0.3) is 11.0 Å². The maximum atomic E-state index is 14.2. The molecule has 0 amide bonds. The summed E-state index contributed by atoms with van der Waals surface area (Å²) < 4.78 is 59.2. The Balaban J connectivity index is 1.81. The maximum Gasteiger partial charge on any atom is 0.453 e. The molecule has 228 valence electrons. The van der Waals surface area contributed by atoms with Crippen LogP contribution in [0.3, 0.4) is 0 Å². The molecule has 8 heteroatoms. The SMILES string of the molecule is CCCCCCc1cc2c(=O)c(Oc3cc(C)cc(C)c3)c(C(F)(F)F)oc2cc1OC(=O)c1ccc(C(C)(C)C)cc1. The molecule has 1 aromatic heterocycles. The van der Waals surface area contributed by atoms with Crippen molar-refractivity contribution in [3.8, 4) is 17.2 Å². The molecule has 0 spiro atoms. The molecule has 0 aliphatic carbocycles. The van der Waals surface area contributed by atoms with E-state index in [2.05, 4.69) is 27.7 Å². The van der Waals surface area contributed by atoms with E-state index in [9.17, 15) is 22.8 Å². The lowest BCUT2D eigenvalue weighted by Gasteiger charge is -2.19. The van der Waals surface area contributed by atoms with Crippen LogP contribution in [0, 0.1) is 13.8 Å². The van der Waals surface area contributed by atoms with Gasteiger partial charge in [-0.05, 0) is 84.7 Å². The molecular weight excluding hydrogens is 557 g/mol. The highest BCUT2D eigenvalue weighted by atomic mass is 19.4. The summed E-state index contributed by atoms with van der Waals surface area (Å²) in [6.07, 6.45) is -0.927. The molecule has 43 heavy (non-hydrogen) atoms. The molecule has 0 unspecified atom stereocenters. The summed E-state index contributed by atoms with van der Waals surface area (Å²) >= 11 is 0. The Kier molecular flexibility index (Phi) is 9.38. The number of fused-ring (bicyclic) bond motifs is 1. The van der Waals surface area contributed by atoms with Gasteiger partial charge in [0.05, 0.1) is 10.9 Å². The summed E-state index contributed by atoms with van der Waals surface area (Å²) in [7, 11) is 0. The summed E-state index contributed by atoms with van der Waals surface area (Å²) in [6.45, 7) is 11.8. The van der Waals surface area contributed by atoms with E-state index in [-0.39, 0.29) is 27.9 Å². The van der Waals surface area contributed by atoms with Crippen LogP contribution in [0.1, 0.15) is 91.8 Å². The first kappa shape index (κ1) is 31.9. The summed E-state index contributed by atoms with van der Waals surface area (Å²) in [4.78, 5) is 26.7. The molecule has 4 rings (SSSR count). The number of alkyl halides is 3. The monoisotopic (exact) mass is 594 g/mol. The molecule has 0 radical (unpaired) electrons. The zero-order valence-corrected chi connectivity index (χ0v) is 25.4. The van der Waals surface area contributed by atoms with Gasteiger partial charge in [-0.25, -0.2) is 4.79 Å². The van der Waals surface area contributed by atoms with Crippen molar-refractivity contribution in [1.29, 1.82) is 0 Å². The van der Waals surface area contributed by atoms with Crippen LogP contribution in [-0.4, -0.2) is 5.97 Å². The zero-order valence-electron chi connectivity index (χ0n) is 25.4. The molecule has 0 aliphatic rings. The fraction of sp³-hybridized carbons (Fsp3) is 0.371. The molecule has 0 saturated carbocycles. The molecule has 4 aromatic rings. The first-order valence-electron chi connectivity index (χ1n) is 14.5. The van der Waals surface area contributed by atoms with Crippen molar-refractivity contribution in [3.05, 3.63) is 98.4 Å². The lowest BCUT2D eigenvalue weighted by Crippen LogP contribution is -2.16. The van der Waals surface area contributed by atoms with Gasteiger partial charge >= 0.3 is 12.1 Å². The van der Waals surface area contributed by atoms with Crippen LogP contribution in [0.15, 0.2) is 63.8 Å². The highest BCUT2D eigenvalue weighted by Gasteiger charge is 2.41. The second-order valence-electron chi connectivity index (χ2n) is 12.0. The van der Waals surface area contributed by atoms with Gasteiger partial charge in [0, 0.05) is 6.07 Å². The fourth-order valence-corrected chi connectivity index (χ4v) is 4.94. The Labute approximate surface area is 249 Å². The van der Waals surface area contributed by atoms with Gasteiger partial charge in [-0.1, -0.05) is 65.2 Å². The van der Waals surface area contributed by atoms with Gasteiger partial charge in [-0.3, -0.25) is 4.79 Å². The Morgan fingerprint density at radius 2 is 1.53 bits per heavy atom. The molecular formula is C35H37F3O5. The Hall–Kier alpha value is -4.07. The highest BCUT2D eigenvalue weighted by Crippen LogP contribution is 2.40. The average molecular weight is 595 g/mol. The zero-order chi connectivity index (χ0) is 31.5. The second-order valence-corrected chi connectivity index (χ2v) is 12.0. The number of carbonyl (C=O) groups is 1. The van der Waals surface area contributed by atoms with Crippen LogP contribution in [0.4, 0.5) is 13.2 Å². The third-order valence-electron chi connectivity index (χ3n) is 7.19. The van der Waals surface area contributed by atoms with Crippen molar-refractivity contribution in [2.45, 2.75) is 85.2 Å². The number of ether oxygens (including phenoxy) is 2.